The number of hydrazine groups is 1. The Kier molecular flexibility index (Phi) is 2.38. The Morgan fingerprint density at radius 2 is 1.92 bits per heavy atom. The predicted molar refractivity (Wildman–Crippen MR) is 54.0 cm³/mol. The number of hydrogen-bond donors (Lipinski definition) is 2. The summed E-state index contributed by atoms with van der Waals surface area (Å²) in [6, 6.07) is 8.11. The first-order valence-electron chi connectivity index (χ1n) is 4.08. The molecule has 0 unspecified atom stereocenters. The van der Waals surface area contributed by atoms with E-state index in [1.54, 1.807) is 0 Å². The topological polar surface area (TPSA) is 47.3 Å². The van der Waals surface area contributed by atoms with Crippen LogP contribution in [0.3, 0.4) is 0 Å². The van der Waals surface area contributed by atoms with Crippen LogP contribution in [0.25, 0.3) is 0 Å². The van der Waals surface area contributed by atoms with Gasteiger partial charge in [0.2, 0.25) is 0 Å². The van der Waals surface area contributed by atoms with Crippen LogP contribution in [-0.2, 0) is 10.3 Å². The maximum atomic E-state index is 5.50. The second-order valence-electron chi connectivity index (χ2n) is 3.23. The van der Waals surface area contributed by atoms with E-state index in [0.29, 0.717) is 13.2 Å². The van der Waals surface area contributed by atoms with Crippen molar-refractivity contribution < 1.29 is 4.74 Å². The van der Waals surface area contributed by atoms with Gasteiger partial charge in [0.1, 0.15) is 5.54 Å². The van der Waals surface area contributed by atoms with Crippen LogP contribution >= 0.6 is 15.9 Å². The molecule has 1 fully saturated rings. The maximum absolute atomic E-state index is 5.50. The van der Waals surface area contributed by atoms with Crippen LogP contribution in [0.4, 0.5) is 0 Å². The van der Waals surface area contributed by atoms with Crippen molar-refractivity contribution in [3.8, 4) is 0 Å². The largest absolute Gasteiger partial charge is 0.377 e. The van der Waals surface area contributed by atoms with Gasteiger partial charge in [0.05, 0.1) is 13.2 Å². The molecule has 1 aromatic rings. The van der Waals surface area contributed by atoms with E-state index < -0.39 is 0 Å². The second kappa shape index (κ2) is 3.38. The summed E-state index contributed by atoms with van der Waals surface area (Å²) in [4.78, 5) is 0. The molecule has 3 nitrogen and oxygen atoms in total. The van der Waals surface area contributed by atoms with Crippen molar-refractivity contribution in [3.05, 3.63) is 34.3 Å². The second-order valence-corrected chi connectivity index (χ2v) is 4.14. The summed E-state index contributed by atoms with van der Waals surface area (Å²) in [5.74, 6) is 5.50. The van der Waals surface area contributed by atoms with Crippen molar-refractivity contribution in [2.45, 2.75) is 5.54 Å². The van der Waals surface area contributed by atoms with Gasteiger partial charge in [-0.15, -0.1) is 0 Å². The zero-order chi connectivity index (χ0) is 9.31. The fourth-order valence-electron chi connectivity index (χ4n) is 1.41. The lowest BCUT2D eigenvalue weighted by atomic mass is 9.89. The molecule has 0 aromatic heterocycles. The minimum absolute atomic E-state index is 0.166. The third-order valence-corrected chi connectivity index (χ3v) is 2.90. The molecule has 70 valence electrons. The first-order chi connectivity index (χ1) is 6.27. The summed E-state index contributed by atoms with van der Waals surface area (Å²) >= 11 is 3.39. The van der Waals surface area contributed by atoms with Gasteiger partial charge in [-0.05, 0) is 17.7 Å². The Morgan fingerprint density at radius 3 is 2.31 bits per heavy atom. The summed E-state index contributed by atoms with van der Waals surface area (Å²) in [6.45, 7) is 1.29. The molecule has 4 heteroatoms. The summed E-state index contributed by atoms with van der Waals surface area (Å²) in [7, 11) is 0. The highest BCUT2D eigenvalue weighted by Gasteiger charge is 2.39. The highest BCUT2D eigenvalue weighted by atomic mass is 79.9. The van der Waals surface area contributed by atoms with E-state index in [9.17, 15) is 0 Å². The number of rotatable bonds is 2. The minimum Gasteiger partial charge on any atom is -0.377 e. The molecule has 0 radical (unpaired) electrons. The number of ether oxygens (including phenoxy) is 1. The van der Waals surface area contributed by atoms with Crippen molar-refractivity contribution in [1.82, 2.24) is 5.43 Å². The van der Waals surface area contributed by atoms with Crippen molar-refractivity contribution in [1.29, 1.82) is 0 Å². The molecule has 2 rings (SSSR count). The van der Waals surface area contributed by atoms with Gasteiger partial charge in [0.15, 0.2) is 0 Å². The average molecular weight is 243 g/mol. The molecule has 0 atom stereocenters. The van der Waals surface area contributed by atoms with Crippen LogP contribution in [0, 0.1) is 0 Å². The van der Waals surface area contributed by atoms with Crippen LogP contribution in [-0.4, -0.2) is 13.2 Å². The quantitative estimate of drug-likeness (QED) is 0.604. The van der Waals surface area contributed by atoms with Crippen LogP contribution < -0.4 is 11.3 Å². The Morgan fingerprint density at radius 1 is 1.31 bits per heavy atom. The molecule has 0 spiro atoms. The van der Waals surface area contributed by atoms with Gasteiger partial charge in [-0.2, -0.15) is 0 Å². The maximum Gasteiger partial charge on any atom is 0.103 e. The molecule has 1 heterocycles. The molecule has 13 heavy (non-hydrogen) atoms. The molecule has 1 saturated heterocycles. The van der Waals surface area contributed by atoms with Crippen LogP contribution in [0.1, 0.15) is 5.56 Å². The third kappa shape index (κ3) is 1.50. The molecular formula is C9H11BrN2O. The fraction of sp³-hybridized carbons (Fsp3) is 0.333. The molecule has 0 aliphatic carbocycles. The standard InChI is InChI=1S/C9H11BrN2O/c10-8-3-1-7(2-4-8)9(12-11)5-13-6-9/h1-4,12H,5-6,11H2. The summed E-state index contributed by atoms with van der Waals surface area (Å²) in [6.07, 6.45) is 0. The molecule has 0 bridgehead atoms. The van der Waals surface area contributed by atoms with E-state index in [1.165, 1.54) is 5.56 Å². The monoisotopic (exact) mass is 242 g/mol. The van der Waals surface area contributed by atoms with E-state index in [2.05, 4.69) is 21.4 Å². The van der Waals surface area contributed by atoms with Gasteiger partial charge in [-0.25, -0.2) is 5.43 Å². The van der Waals surface area contributed by atoms with Crippen molar-refractivity contribution in [2.75, 3.05) is 13.2 Å². The number of benzene rings is 1. The molecule has 0 amide bonds. The Labute approximate surface area is 85.4 Å². The van der Waals surface area contributed by atoms with E-state index >= 15 is 0 Å². The molecular weight excluding hydrogens is 232 g/mol. The number of nitrogens with one attached hydrogen (secondary N) is 1. The lowest BCUT2D eigenvalue weighted by molar-refractivity contribution is -0.0786. The Bertz CT molecular complexity index is 289. The molecule has 3 N–H and O–H groups in total. The minimum atomic E-state index is -0.166. The number of halogens is 1. The van der Waals surface area contributed by atoms with Gasteiger partial charge >= 0.3 is 0 Å². The number of nitrogens with two attached hydrogens (primary N) is 1. The van der Waals surface area contributed by atoms with Gasteiger partial charge in [0.25, 0.3) is 0 Å². The lowest BCUT2D eigenvalue weighted by Gasteiger charge is -2.41. The van der Waals surface area contributed by atoms with E-state index in [4.69, 9.17) is 10.6 Å². The number of hydrogen-bond acceptors (Lipinski definition) is 3. The molecule has 0 saturated carbocycles. The van der Waals surface area contributed by atoms with Gasteiger partial charge in [-0.3, -0.25) is 5.84 Å². The molecule has 1 aliphatic heterocycles. The van der Waals surface area contributed by atoms with Crippen molar-refractivity contribution in [2.24, 2.45) is 5.84 Å². The SMILES string of the molecule is NNC1(c2ccc(Br)cc2)COC1. The van der Waals surface area contributed by atoms with Crippen LogP contribution in [0.2, 0.25) is 0 Å². The van der Waals surface area contributed by atoms with E-state index in [-0.39, 0.29) is 5.54 Å². The van der Waals surface area contributed by atoms with Crippen LogP contribution in [0.15, 0.2) is 28.7 Å². The van der Waals surface area contributed by atoms with Crippen molar-refractivity contribution >= 4 is 15.9 Å². The highest BCUT2D eigenvalue weighted by Crippen LogP contribution is 2.29. The van der Waals surface area contributed by atoms with Gasteiger partial charge in [-0.1, -0.05) is 28.1 Å². The van der Waals surface area contributed by atoms with Crippen molar-refractivity contribution in [3.63, 3.8) is 0 Å². The van der Waals surface area contributed by atoms with Crippen LogP contribution in [0.5, 0.6) is 0 Å². The Balaban J connectivity index is 2.28. The predicted octanol–water partition coefficient (Wildman–Crippen LogP) is 1.14. The van der Waals surface area contributed by atoms with Gasteiger partial charge < -0.3 is 4.74 Å². The molecule has 1 aliphatic rings. The molecule has 1 aromatic carbocycles. The zero-order valence-corrected chi connectivity index (χ0v) is 8.67. The van der Waals surface area contributed by atoms with E-state index in [0.717, 1.165) is 4.47 Å². The highest BCUT2D eigenvalue weighted by molar-refractivity contribution is 9.10. The zero-order valence-electron chi connectivity index (χ0n) is 7.09. The summed E-state index contributed by atoms with van der Waals surface area (Å²) in [5.41, 5.74) is 3.82. The average Bonchev–Trinajstić information content (AvgIpc) is 2.07. The third-order valence-electron chi connectivity index (χ3n) is 2.37. The lowest BCUT2D eigenvalue weighted by Crippen LogP contribution is -2.60. The smallest absolute Gasteiger partial charge is 0.103 e. The normalized spacial score (nSPS) is 19.5. The van der Waals surface area contributed by atoms with Gasteiger partial charge in [0, 0.05) is 4.47 Å². The summed E-state index contributed by atoms with van der Waals surface area (Å²) < 4.78 is 6.23. The summed E-state index contributed by atoms with van der Waals surface area (Å²) in [5, 5.41) is 0. The fourth-order valence-corrected chi connectivity index (χ4v) is 1.67. The van der Waals surface area contributed by atoms with E-state index in [1.807, 2.05) is 24.3 Å². The first-order valence-corrected chi connectivity index (χ1v) is 4.88. The first kappa shape index (κ1) is 9.15. The Hall–Kier alpha value is -0.420.